The van der Waals surface area contributed by atoms with E-state index in [0.29, 0.717) is 53.4 Å². The summed E-state index contributed by atoms with van der Waals surface area (Å²) in [5.74, 6) is 0.0461. The van der Waals surface area contributed by atoms with E-state index in [1.54, 1.807) is 26.0 Å². The molecule has 0 fully saturated rings. The second kappa shape index (κ2) is 15.9. The molecule has 2 rings (SSSR count). The number of ether oxygens (including phenoxy) is 4. The smallest absolute Gasteiger partial charge is 0.338 e. The topological polar surface area (TPSA) is 112 Å². The number of hydrogen-bond acceptors (Lipinski definition) is 8. The highest BCUT2D eigenvalue weighted by atomic mass is 79.9. The van der Waals surface area contributed by atoms with Crippen LogP contribution in [0.4, 0.5) is 0 Å². The van der Waals surface area contributed by atoms with Crippen molar-refractivity contribution in [3.05, 3.63) is 65.5 Å². The molecule has 0 saturated carbocycles. The fraction of sp³-hybridized carbons (Fsp3) is 0.333. The van der Waals surface area contributed by atoms with Crippen molar-refractivity contribution in [3.8, 4) is 23.0 Å². The number of carbonyl (C=O) groups excluding carboxylic acids is 2. The second-order valence-corrected chi connectivity index (χ2v) is 11.6. The molecule has 0 atom stereocenters. The zero-order valence-electron chi connectivity index (χ0n) is 21.4. The molecule has 0 heterocycles. The average molecular weight is 800 g/mol. The molecule has 2 N–H and O–H groups in total. The molecule has 2 aromatic rings. The van der Waals surface area contributed by atoms with Crippen LogP contribution < -0.4 is 18.9 Å². The first kappa shape index (κ1) is 33.5. The normalized spacial score (nSPS) is 10.7. The van der Waals surface area contributed by atoms with Gasteiger partial charge < -0.3 is 29.2 Å². The summed E-state index contributed by atoms with van der Waals surface area (Å²) in [6.07, 6.45) is 1.05. The number of aliphatic hydroxyl groups excluding tert-OH is 2. The predicted molar refractivity (Wildman–Crippen MR) is 162 cm³/mol. The number of carbonyl (C=O) groups is 2. The van der Waals surface area contributed by atoms with Crippen molar-refractivity contribution in [3.63, 3.8) is 0 Å². The molecule has 0 unspecified atom stereocenters. The van der Waals surface area contributed by atoms with E-state index in [1.165, 1.54) is 0 Å². The number of aliphatic hydroxyl groups is 2. The van der Waals surface area contributed by atoms with Gasteiger partial charge in [-0.25, -0.2) is 9.59 Å². The highest BCUT2D eigenvalue weighted by Gasteiger charge is 2.25. The van der Waals surface area contributed by atoms with Gasteiger partial charge in [-0.2, -0.15) is 0 Å². The zero-order chi connectivity index (χ0) is 29.3. The Labute approximate surface area is 260 Å². The molecule has 8 nitrogen and oxygen atoms in total. The summed E-state index contributed by atoms with van der Waals surface area (Å²) in [6.45, 7) is 10.6. The molecule has 0 amide bonds. The third kappa shape index (κ3) is 9.15. The maximum atomic E-state index is 12.2. The predicted octanol–water partition coefficient (Wildman–Crippen LogP) is 6.81. The molecule has 39 heavy (non-hydrogen) atoms. The molecular weight excluding hydrogens is 772 g/mol. The van der Waals surface area contributed by atoms with Crippen LogP contribution in [-0.2, 0) is 16.0 Å². The molecule has 0 bridgehead atoms. The minimum atomic E-state index is -0.599. The Hall–Kier alpha value is -1.70. The average Bonchev–Trinajstić information content (AvgIpc) is 2.87. The Morgan fingerprint density at radius 3 is 1.38 bits per heavy atom. The number of hydrogen-bond donors (Lipinski definition) is 2. The first-order valence-corrected chi connectivity index (χ1v) is 14.8. The van der Waals surface area contributed by atoms with Crippen LogP contribution in [0.15, 0.2) is 54.3 Å². The third-order valence-corrected chi connectivity index (χ3v) is 7.60. The molecule has 0 aliphatic rings. The van der Waals surface area contributed by atoms with Gasteiger partial charge in [0.1, 0.15) is 20.4 Å². The van der Waals surface area contributed by atoms with Crippen LogP contribution in [0.5, 0.6) is 23.0 Å². The Bertz CT molecular complexity index is 1160. The van der Waals surface area contributed by atoms with E-state index in [0.717, 1.165) is 0 Å². The molecule has 0 saturated heterocycles. The summed E-state index contributed by atoms with van der Waals surface area (Å²) in [5, 5.41) is 18.5. The number of halogens is 4. The van der Waals surface area contributed by atoms with Gasteiger partial charge in [-0.3, -0.25) is 0 Å². The number of benzene rings is 2. The second-order valence-electron chi connectivity index (χ2n) is 8.35. The summed E-state index contributed by atoms with van der Waals surface area (Å²) in [4.78, 5) is 24.5. The maximum Gasteiger partial charge on any atom is 0.338 e. The summed E-state index contributed by atoms with van der Waals surface area (Å²) < 4.78 is 24.8. The monoisotopic (exact) mass is 796 g/mol. The van der Waals surface area contributed by atoms with Crippen LogP contribution in [0, 0.1) is 0 Å². The van der Waals surface area contributed by atoms with Crippen LogP contribution in [-0.4, -0.2) is 48.6 Å². The van der Waals surface area contributed by atoms with Crippen molar-refractivity contribution in [2.75, 3.05) is 26.4 Å². The van der Waals surface area contributed by atoms with Gasteiger partial charge in [-0.15, -0.1) is 0 Å². The van der Waals surface area contributed by atoms with Gasteiger partial charge in [0, 0.05) is 54.7 Å². The van der Waals surface area contributed by atoms with Crippen molar-refractivity contribution in [1.82, 2.24) is 0 Å². The van der Waals surface area contributed by atoms with E-state index in [2.05, 4.69) is 76.9 Å². The maximum absolute atomic E-state index is 12.2. The first-order chi connectivity index (χ1) is 18.4. The molecule has 0 spiro atoms. The largest absolute Gasteiger partial charge is 0.492 e. The van der Waals surface area contributed by atoms with E-state index in [4.69, 9.17) is 18.9 Å². The van der Waals surface area contributed by atoms with E-state index >= 15 is 0 Å². The van der Waals surface area contributed by atoms with Gasteiger partial charge in [0.25, 0.3) is 0 Å². The minimum Gasteiger partial charge on any atom is -0.492 e. The molecular formula is C27H28Br4O8. The SMILES string of the molecule is C=C(C)C(=O)Oc1c(Br)cc(Cc2cc(Br)c(OC(=O)C(=C)C)c(Br)c2OCCCO)c(OCCCO)c1Br. The standard InChI is InChI=1S/C27H28Br4O8/c1-14(2)26(34)38-24-18(28)12-16(22(20(24)30)36-9-5-7-32)11-17-13-19(29)25(39-27(35)15(3)4)21(31)23(17)37-10-6-8-33/h12-13,32-33H,1,3,5-11H2,2,4H3. The van der Waals surface area contributed by atoms with Crippen LogP contribution in [0.25, 0.3) is 0 Å². The van der Waals surface area contributed by atoms with Crippen LogP contribution in [0.2, 0.25) is 0 Å². The Kier molecular flexibility index (Phi) is 13.7. The highest BCUT2D eigenvalue weighted by molar-refractivity contribution is 9.11. The van der Waals surface area contributed by atoms with Gasteiger partial charge in [-0.1, -0.05) is 13.2 Å². The lowest BCUT2D eigenvalue weighted by molar-refractivity contribution is -0.131. The molecule has 0 aromatic heterocycles. The summed E-state index contributed by atoms with van der Waals surface area (Å²) in [5.41, 5.74) is 1.85. The van der Waals surface area contributed by atoms with Gasteiger partial charge in [0.15, 0.2) is 11.5 Å². The fourth-order valence-corrected chi connectivity index (χ4v) is 6.04. The summed E-state index contributed by atoms with van der Waals surface area (Å²) in [6, 6.07) is 3.52. The molecule has 212 valence electrons. The molecule has 0 aliphatic heterocycles. The lowest BCUT2D eigenvalue weighted by Crippen LogP contribution is -2.12. The van der Waals surface area contributed by atoms with Crippen LogP contribution >= 0.6 is 63.7 Å². The Morgan fingerprint density at radius 1 is 0.718 bits per heavy atom. The van der Waals surface area contributed by atoms with Gasteiger partial charge in [0.2, 0.25) is 0 Å². The van der Waals surface area contributed by atoms with Crippen molar-refractivity contribution < 1.29 is 38.7 Å². The Morgan fingerprint density at radius 2 is 1.08 bits per heavy atom. The zero-order valence-corrected chi connectivity index (χ0v) is 27.7. The molecule has 12 heteroatoms. The van der Waals surface area contributed by atoms with E-state index in [-0.39, 0.29) is 55.5 Å². The number of rotatable bonds is 14. The summed E-state index contributed by atoms with van der Waals surface area (Å²) in [7, 11) is 0. The molecule has 0 aliphatic carbocycles. The summed E-state index contributed by atoms with van der Waals surface area (Å²) >= 11 is 14.0. The Balaban J connectivity index is 2.65. The van der Waals surface area contributed by atoms with Crippen LogP contribution in [0.1, 0.15) is 37.8 Å². The first-order valence-electron chi connectivity index (χ1n) is 11.7. The van der Waals surface area contributed by atoms with Crippen LogP contribution in [0.3, 0.4) is 0 Å². The number of esters is 2. The molecule has 2 aromatic carbocycles. The van der Waals surface area contributed by atoms with Gasteiger partial charge in [-0.05, 0) is 89.7 Å². The quantitative estimate of drug-likeness (QED) is 0.0929. The third-order valence-electron chi connectivity index (χ3n) is 4.98. The van der Waals surface area contributed by atoms with E-state index < -0.39 is 11.9 Å². The van der Waals surface area contributed by atoms with Gasteiger partial charge >= 0.3 is 11.9 Å². The van der Waals surface area contributed by atoms with Gasteiger partial charge in [0.05, 0.1) is 22.2 Å². The van der Waals surface area contributed by atoms with Crippen molar-refractivity contribution in [2.45, 2.75) is 33.1 Å². The van der Waals surface area contributed by atoms with Crippen molar-refractivity contribution in [2.24, 2.45) is 0 Å². The lowest BCUT2D eigenvalue weighted by Gasteiger charge is -2.20. The van der Waals surface area contributed by atoms with E-state index in [9.17, 15) is 19.8 Å². The van der Waals surface area contributed by atoms with Crippen molar-refractivity contribution in [1.29, 1.82) is 0 Å². The van der Waals surface area contributed by atoms with Crippen molar-refractivity contribution >= 4 is 75.7 Å². The fourth-order valence-electron chi connectivity index (χ4n) is 3.07. The lowest BCUT2D eigenvalue weighted by atomic mass is 10.0. The highest BCUT2D eigenvalue weighted by Crippen LogP contribution is 2.47. The minimum absolute atomic E-state index is 0.0614. The van der Waals surface area contributed by atoms with E-state index in [1.807, 2.05) is 0 Å². The molecule has 0 radical (unpaired) electrons.